The second-order valence-corrected chi connectivity index (χ2v) is 8.90. The second kappa shape index (κ2) is 8.53. The molecule has 0 aliphatic carbocycles. The number of ether oxygens (including phenoxy) is 3. The van der Waals surface area contributed by atoms with Gasteiger partial charge in [-0.25, -0.2) is 0 Å². The average molecular weight is 433 g/mol. The minimum Gasteiger partial charge on any atom is -0.493 e. The Kier molecular flexibility index (Phi) is 6.57. The van der Waals surface area contributed by atoms with Gasteiger partial charge in [0.15, 0.2) is 17.6 Å². The van der Waals surface area contributed by atoms with E-state index in [-0.39, 0.29) is 23.5 Å². The Morgan fingerprint density at radius 1 is 1.20 bits per heavy atom. The third-order valence-corrected chi connectivity index (χ3v) is 5.48. The van der Waals surface area contributed by atoms with Crippen molar-refractivity contribution in [2.24, 2.45) is 0 Å². The lowest BCUT2D eigenvalue weighted by Gasteiger charge is -2.46. The summed E-state index contributed by atoms with van der Waals surface area (Å²) < 4.78 is 54.3. The molecule has 0 unspecified atom stereocenters. The van der Waals surface area contributed by atoms with E-state index in [2.05, 4.69) is 4.90 Å². The molecule has 1 fully saturated rings. The third-order valence-electron chi connectivity index (χ3n) is 5.48. The number of hydrogen-bond donors (Lipinski definition) is 2. The van der Waals surface area contributed by atoms with Gasteiger partial charge < -0.3 is 24.4 Å². The monoisotopic (exact) mass is 433 g/mol. The standard InChI is InChI=1S/C21H30F3NO5/c1-20(2,3)30-18-10-25-6-5-12-7-17(29-11-19(27)21(22,23)24)16(28-4)8-13(12)14(25)9-15(18)26/h7-8,14-15,18-19,26-27H,5-6,9-11H2,1-4H3/t14-,15-,18-,19-/m1/s1. The molecular formula is C21H30F3NO5. The maximum atomic E-state index is 12.6. The topological polar surface area (TPSA) is 71.4 Å². The van der Waals surface area contributed by atoms with E-state index in [1.54, 1.807) is 12.1 Å². The summed E-state index contributed by atoms with van der Waals surface area (Å²) in [6.45, 7) is 6.31. The molecule has 0 saturated carbocycles. The molecule has 9 heteroatoms. The first kappa shape index (κ1) is 23.1. The van der Waals surface area contributed by atoms with Gasteiger partial charge in [0.1, 0.15) is 6.61 Å². The zero-order valence-electron chi connectivity index (χ0n) is 17.7. The molecule has 170 valence electrons. The molecule has 0 spiro atoms. The van der Waals surface area contributed by atoms with Crippen LogP contribution >= 0.6 is 0 Å². The fourth-order valence-electron chi connectivity index (χ4n) is 4.09. The van der Waals surface area contributed by atoms with Gasteiger partial charge >= 0.3 is 6.18 Å². The average Bonchev–Trinajstić information content (AvgIpc) is 2.64. The number of rotatable bonds is 5. The van der Waals surface area contributed by atoms with Crippen molar-refractivity contribution in [3.8, 4) is 11.5 Å². The Labute approximate surface area is 174 Å². The van der Waals surface area contributed by atoms with Crippen molar-refractivity contribution in [3.63, 3.8) is 0 Å². The van der Waals surface area contributed by atoms with Crippen LogP contribution < -0.4 is 9.47 Å². The molecule has 0 radical (unpaired) electrons. The summed E-state index contributed by atoms with van der Waals surface area (Å²) in [5, 5.41) is 19.9. The van der Waals surface area contributed by atoms with Crippen LogP contribution in [0.2, 0.25) is 0 Å². The summed E-state index contributed by atoms with van der Waals surface area (Å²) in [5.74, 6) is 0.464. The highest BCUT2D eigenvalue weighted by molar-refractivity contribution is 5.49. The van der Waals surface area contributed by atoms with Gasteiger partial charge in [0.05, 0.1) is 24.9 Å². The van der Waals surface area contributed by atoms with Gasteiger partial charge in [0.25, 0.3) is 0 Å². The minimum absolute atomic E-state index is 0.0349. The Morgan fingerprint density at radius 3 is 2.50 bits per heavy atom. The van der Waals surface area contributed by atoms with Gasteiger partial charge in [-0.2, -0.15) is 13.2 Å². The van der Waals surface area contributed by atoms with Gasteiger partial charge in [-0.3, -0.25) is 4.90 Å². The van der Waals surface area contributed by atoms with Crippen LogP contribution in [-0.4, -0.2) is 72.0 Å². The number of aliphatic hydroxyl groups excluding tert-OH is 2. The van der Waals surface area contributed by atoms with Crippen LogP contribution in [0.25, 0.3) is 0 Å². The van der Waals surface area contributed by atoms with E-state index >= 15 is 0 Å². The van der Waals surface area contributed by atoms with Crippen LogP contribution in [-0.2, 0) is 11.2 Å². The van der Waals surface area contributed by atoms with E-state index in [9.17, 15) is 23.4 Å². The number of fused-ring (bicyclic) bond motifs is 3. The van der Waals surface area contributed by atoms with Crippen LogP contribution in [0.1, 0.15) is 44.4 Å². The number of alkyl halides is 3. The number of aliphatic hydroxyl groups is 2. The fraction of sp³-hybridized carbons (Fsp3) is 0.714. The predicted molar refractivity (Wildman–Crippen MR) is 104 cm³/mol. The molecule has 0 amide bonds. The van der Waals surface area contributed by atoms with Crippen molar-refractivity contribution in [3.05, 3.63) is 23.3 Å². The first-order valence-electron chi connectivity index (χ1n) is 10.1. The smallest absolute Gasteiger partial charge is 0.417 e. The molecule has 3 rings (SSSR count). The molecule has 0 aromatic heterocycles. The highest BCUT2D eigenvalue weighted by Gasteiger charge is 2.41. The Balaban J connectivity index is 1.79. The number of halogens is 3. The zero-order chi connectivity index (χ0) is 22.3. The molecule has 2 N–H and O–H groups in total. The molecule has 30 heavy (non-hydrogen) atoms. The van der Waals surface area contributed by atoms with Crippen LogP contribution in [0.5, 0.6) is 11.5 Å². The summed E-state index contributed by atoms with van der Waals surface area (Å²) in [7, 11) is 1.41. The van der Waals surface area contributed by atoms with Crippen molar-refractivity contribution in [2.75, 3.05) is 26.8 Å². The van der Waals surface area contributed by atoms with Crippen molar-refractivity contribution < 1.29 is 37.6 Å². The number of methoxy groups -OCH3 is 1. The first-order valence-corrected chi connectivity index (χ1v) is 10.1. The molecule has 6 nitrogen and oxygen atoms in total. The summed E-state index contributed by atoms with van der Waals surface area (Å²) in [4.78, 5) is 2.26. The van der Waals surface area contributed by atoms with Crippen molar-refractivity contribution >= 4 is 0 Å². The number of piperidine rings is 1. The Hall–Kier alpha value is -1.55. The highest BCUT2D eigenvalue weighted by atomic mass is 19.4. The van der Waals surface area contributed by atoms with Crippen LogP contribution in [0.3, 0.4) is 0 Å². The molecule has 4 atom stereocenters. The largest absolute Gasteiger partial charge is 0.493 e. The number of benzene rings is 1. The summed E-state index contributed by atoms with van der Waals surface area (Å²) in [6, 6.07) is 3.41. The molecule has 1 aromatic rings. The van der Waals surface area contributed by atoms with Crippen LogP contribution in [0.15, 0.2) is 12.1 Å². The molecule has 0 bridgehead atoms. The minimum atomic E-state index is -4.74. The lowest BCUT2D eigenvalue weighted by molar-refractivity contribution is -0.210. The van der Waals surface area contributed by atoms with Gasteiger partial charge in [0.2, 0.25) is 0 Å². The Bertz CT molecular complexity index is 749. The third kappa shape index (κ3) is 5.19. The van der Waals surface area contributed by atoms with Crippen LogP contribution in [0.4, 0.5) is 13.2 Å². The van der Waals surface area contributed by atoms with Gasteiger partial charge in [0, 0.05) is 19.1 Å². The summed E-state index contributed by atoms with van der Waals surface area (Å²) >= 11 is 0. The maximum absolute atomic E-state index is 12.6. The van der Waals surface area contributed by atoms with Gasteiger partial charge in [-0.05, 0) is 56.9 Å². The SMILES string of the molecule is COc1cc2c(cc1OC[C@@H](O)C(F)(F)F)CCN1C[C@@H](OC(C)(C)C)[C@H](O)C[C@H]21. The fourth-order valence-corrected chi connectivity index (χ4v) is 4.09. The summed E-state index contributed by atoms with van der Waals surface area (Å²) in [6.07, 6.45) is -7.04. The molecular weight excluding hydrogens is 403 g/mol. The maximum Gasteiger partial charge on any atom is 0.417 e. The lowest BCUT2D eigenvalue weighted by Crippen LogP contribution is -2.53. The number of nitrogens with zero attached hydrogens (tertiary/aromatic N) is 1. The van der Waals surface area contributed by atoms with Gasteiger partial charge in [-0.1, -0.05) is 0 Å². The Morgan fingerprint density at radius 2 is 1.90 bits per heavy atom. The van der Waals surface area contributed by atoms with E-state index < -0.39 is 25.0 Å². The highest BCUT2D eigenvalue weighted by Crippen LogP contribution is 2.42. The molecule has 1 saturated heterocycles. The normalized spacial score (nSPS) is 26.0. The van der Waals surface area contributed by atoms with E-state index in [1.165, 1.54) is 7.11 Å². The van der Waals surface area contributed by atoms with Crippen molar-refractivity contribution in [2.45, 2.75) is 69.7 Å². The molecule has 2 aliphatic rings. The zero-order valence-corrected chi connectivity index (χ0v) is 17.7. The van der Waals surface area contributed by atoms with Gasteiger partial charge in [-0.15, -0.1) is 0 Å². The van der Waals surface area contributed by atoms with E-state index in [0.29, 0.717) is 25.1 Å². The quantitative estimate of drug-likeness (QED) is 0.744. The predicted octanol–water partition coefficient (Wildman–Crippen LogP) is 2.84. The van der Waals surface area contributed by atoms with Crippen LogP contribution in [0, 0.1) is 0 Å². The lowest BCUT2D eigenvalue weighted by atomic mass is 9.84. The molecule has 2 aliphatic heterocycles. The summed E-state index contributed by atoms with van der Waals surface area (Å²) in [5.41, 5.74) is 1.55. The van der Waals surface area contributed by atoms with E-state index in [4.69, 9.17) is 14.2 Å². The van der Waals surface area contributed by atoms with Crippen molar-refractivity contribution in [1.29, 1.82) is 0 Å². The van der Waals surface area contributed by atoms with E-state index in [0.717, 1.165) is 17.7 Å². The van der Waals surface area contributed by atoms with E-state index in [1.807, 2.05) is 20.8 Å². The second-order valence-electron chi connectivity index (χ2n) is 8.90. The first-order chi connectivity index (χ1) is 13.9. The van der Waals surface area contributed by atoms with Crippen molar-refractivity contribution in [1.82, 2.24) is 4.90 Å². The number of hydrogen-bond acceptors (Lipinski definition) is 6. The molecule has 1 aromatic carbocycles. The molecule has 2 heterocycles.